The third kappa shape index (κ3) is 2.97. The molecular formula is C12H15NO5. The standard InChI is InChI=1S/C12H15NO5/c1-7(2)11(12(14)15)18-10-6-4-5-9(8(10)3)13(16)17/h4-7,11H,1-3H3,(H,14,15). The Morgan fingerprint density at radius 2 is 2.06 bits per heavy atom. The van der Waals surface area contributed by atoms with E-state index in [0.717, 1.165) is 0 Å². The number of nitro benzene ring substituents is 1. The molecule has 0 saturated carbocycles. The van der Waals surface area contributed by atoms with E-state index in [4.69, 9.17) is 9.84 Å². The van der Waals surface area contributed by atoms with Crippen LogP contribution < -0.4 is 4.74 Å². The number of nitro groups is 1. The number of aliphatic carboxylic acids is 1. The highest BCUT2D eigenvalue weighted by Crippen LogP contribution is 2.28. The molecule has 0 aliphatic rings. The highest BCUT2D eigenvalue weighted by atomic mass is 16.6. The summed E-state index contributed by atoms with van der Waals surface area (Å²) in [6.07, 6.45) is -1.02. The quantitative estimate of drug-likeness (QED) is 0.642. The zero-order valence-corrected chi connectivity index (χ0v) is 10.4. The first-order chi connectivity index (χ1) is 8.34. The van der Waals surface area contributed by atoms with Gasteiger partial charge in [0.2, 0.25) is 0 Å². The number of rotatable bonds is 5. The number of benzene rings is 1. The maximum absolute atomic E-state index is 11.0. The maximum atomic E-state index is 11.0. The van der Waals surface area contributed by atoms with E-state index < -0.39 is 17.0 Å². The van der Waals surface area contributed by atoms with Crippen molar-refractivity contribution >= 4 is 11.7 Å². The van der Waals surface area contributed by atoms with Crippen molar-refractivity contribution in [3.8, 4) is 5.75 Å². The van der Waals surface area contributed by atoms with Gasteiger partial charge in [0.1, 0.15) is 5.75 Å². The van der Waals surface area contributed by atoms with E-state index in [1.807, 2.05) is 0 Å². The first-order valence-corrected chi connectivity index (χ1v) is 5.48. The van der Waals surface area contributed by atoms with Gasteiger partial charge in [-0.1, -0.05) is 19.9 Å². The summed E-state index contributed by atoms with van der Waals surface area (Å²) in [5.74, 6) is -1.10. The van der Waals surface area contributed by atoms with Crippen LogP contribution >= 0.6 is 0 Å². The van der Waals surface area contributed by atoms with Gasteiger partial charge in [-0.3, -0.25) is 10.1 Å². The zero-order chi connectivity index (χ0) is 13.9. The van der Waals surface area contributed by atoms with Crippen LogP contribution in [0.5, 0.6) is 5.75 Å². The lowest BCUT2D eigenvalue weighted by atomic mass is 10.1. The number of hydrogen-bond donors (Lipinski definition) is 1. The van der Waals surface area contributed by atoms with E-state index >= 15 is 0 Å². The first kappa shape index (κ1) is 14.0. The molecule has 1 unspecified atom stereocenters. The summed E-state index contributed by atoms with van der Waals surface area (Å²) in [7, 11) is 0. The molecule has 6 heteroatoms. The van der Waals surface area contributed by atoms with Crippen molar-refractivity contribution in [2.24, 2.45) is 5.92 Å². The molecule has 1 aromatic rings. The molecule has 18 heavy (non-hydrogen) atoms. The normalized spacial score (nSPS) is 12.2. The molecular weight excluding hydrogens is 238 g/mol. The molecule has 0 spiro atoms. The van der Waals surface area contributed by atoms with Crippen LogP contribution in [0.1, 0.15) is 19.4 Å². The van der Waals surface area contributed by atoms with E-state index in [9.17, 15) is 14.9 Å². The average molecular weight is 253 g/mol. The zero-order valence-electron chi connectivity index (χ0n) is 10.4. The van der Waals surface area contributed by atoms with Crippen LogP contribution in [0, 0.1) is 23.0 Å². The SMILES string of the molecule is Cc1c(OC(C(=O)O)C(C)C)cccc1[N+](=O)[O-]. The molecule has 0 aromatic heterocycles. The largest absolute Gasteiger partial charge is 0.478 e. The fourth-order valence-corrected chi connectivity index (χ4v) is 1.54. The van der Waals surface area contributed by atoms with Gasteiger partial charge >= 0.3 is 5.97 Å². The monoisotopic (exact) mass is 253 g/mol. The summed E-state index contributed by atoms with van der Waals surface area (Å²) < 4.78 is 5.35. The van der Waals surface area contributed by atoms with Crippen LogP contribution in [0.2, 0.25) is 0 Å². The van der Waals surface area contributed by atoms with E-state index in [0.29, 0.717) is 5.56 Å². The molecule has 0 fully saturated rings. The lowest BCUT2D eigenvalue weighted by Crippen LogP contribution is -2.32. The van der Waals surface area contributed by atoms with Gasteiger partial charge in [-0.25, -0.2) is 4.79 Å². The molecule has 0 saturated heterocycles. The first-order valence-electron chi connectivity index (χ1n) is 5.48. The highest BCUT2D eigenvalue weighted by molar-refractivity contribution is 5.73. The van der Waals surface area contributed by atoms with Crippen molar-refractivity contribution in [2.75, 3.05) is 0 Å². The maximum Gasteiger partial charge on any atom is 0.345 e. The van der Waals surface area contributed by atoms with Gasteiger partial charge in [-0.2, -0.15) is 0 Å². The fraction of sp³-hybridized carbons (Fsp3) is 0.417. The topological polar surface area (TPSA) is 89.7 Å². The molecule has 0 aliphatic heterocycles. The van der Waals surface area contributed by atoms with E-state index in [2.05, 4.69) is 0 Å². The van der Waals surface area contributed by atoms with Crippen LogP contribution in [0.15, 0.2) is 18.2 Å². The summed E-state index contributed by atoms with van der Waals surface area (Å²) >= 11 is 0. The highest BCUT2D eigenvalue weighted by Gasteiger charge is 2.25. The predicted molar refractivity (Wildman–Crippen MR) is 64.7 cm³/mol. The van der Waals surface area contributed by atoms with Gasteiger partial charge < -0.3 is 9.84 Å². The molecule has 0 bridgehead atoms. The van der Waals surface area contributed by atoms with Gasteiger partial charge in [-0.15, -0.1) is 0 Å². The van der Waals surface area contributed by atoms with Gasteiger partial charge in [0.25, 0.3) is 5.69 Å². The average Bonchev–Trinajstić information content (AvgIpc) is 2.26. The van der Waals surface area contributed by atoms with Crippen molar-refractivity contribution in [1.29, 1.82) is 0 Å². The minimum absolute atomic E-state index is 0.0830. The number of carbonyl (C=O) groups is 1. The van der Waals surface area contributed by atoms with Crippen LogP contribution in [-0.4, -0.2) is 22.1 Å². The molecule has 1 aromatic carbocycles. The lowest BCUT2D eigenvalue weighted by Gasteiger charge is -2.19. The Hall–Kier alpha value is -2.11. The van der Waals surface area contributed by atoms with E-state index in [-0.39, 0.29) is 17.4 Å². The molecule has 0 amide bonds. The number of carboxylic acid groups (broad SMARTS) is 1. The molecule has 0 aliphatic carbocycles. The second-order valence-electron chi connectivity index (χ2n) is 4.28. The van der Waals surface area contributed by atoms with Crippen LogP contribution in [0.25, 0.3) is 0 Å². The van der Waals surface area contributed by atoms with Crippen molar-refractivity contribution < 1.29 is 19.6 Å². The van der Waals surface area contributed by atoms with Crippen LogP contribution in [0.4, 0.5) is 5.69 Å². The Morgan fingerprint density at radius 3 is 2.50 bits per heavy atom. The summed E-state index contributed by atoms with van der Waals surface area (Å²) in [6, 6.07) is 4.35. The Balaban J connectivity index is 3.07. The van der Waals surface area contributed by atoms with Crippen molar-refractivity contribution in [2.45, 2.75) is 26.9 Å². The third-order valence-electron chi connectivity index (χ3n) is 2.56. The fourth-order valence-electron chi connectivity index (χ4n) is 1.54. The summed E-state index contributed by atoms with van der Waals surface area (Å²) in [5.41, 5.74) is 0.245. The Kier molecular flexibility index (Phi) is 4.25. The molecule has 0 heterocycles. The number of carboxylic acids is 1. The van der Waals surface area contributed by atoms with Crippen LogP contribution in [-0.2, 0) is 4.79 Å². The molecule has 1 N–H and O–H groups in total. The molecule has 6 nitrogen and oxygen atoms in total. The van der Waals surface area contributed by atoms with Crippen LogP contribution in [0.3, 0.4) is 0 Å². The number of ether oxygens (including phenoxy) is 1. The Labute approximate surface area is 104 Å². The van der Waals surface area contributed by atoms with Crippen molar-refractivity contribution in [3.63, 3.8) is 0 Å². The third-order valence-corrected chi connectivity index (χ3v) is 2.56. The van der Waals surface area contributed by atoms with Gasteiger partial charge in [-0.05, 0) is 13.0 Å². The lowest BCUT2D eigenvalue weighted by molar-refractivity contribution is -0.385. The van der Waals surface area contributed by atoms with Crippen molar-refractivity contribution in [3.05, 3.63) is 33.9 Å². The summed E-state index contributed by atoms with van der Waals surface area (Å²) in [5, 5.41) is 19.8. The molecule has 1 atom stereocenters. The Morgan fingerprint density at radius 1 is 1.44 bits per heavy atom. The van der Waals surface area contributed by atoms with Gasteiger partial charge in [0.15, 0.2) is 6.10 Å². The molecule has 1 rings (SSSR count). The number of nitrogens with zero attached hydrogens (tertiary/aromatic N) is 1. The summed E-state index contributed by atoms with van der Waals surface area (Å²) in [4.78, 5) is 21.3. The number of hydrogen-bond acceptors (Lipinski definition) is 4. The van der Waals surface area contributed by atoms with Gasteiger partial charge in [0, 0.05) is 12.0 Å². The molecule has 0 radical (unpaired) electrons. The van der Waals surface area contributed by atoms with E-state index in [1.165, 1.54) is 25.1 Å². The predicted octanol–water partition coefficient (Wildman–Crippen LogP) is 2.39. The summed E-state index contributed by atoms with van der Waals surface area (Å²) in [6.45, 7) is 4.96. The van der Waals surface area contributed by atoms with Gasteiger partial charge in [0.05, 0.1) is 10.5 Å². The Bertz CT molecular complexity index is 470. The van der Waals surface area contributed by atoms with Crippen molar-refractivity contribution in [1.82, 2.24) is 0 Å². The minimum atomic E-state index is -1.09. The smallest absolute Gasteiger partial charge is 0.345 e. The van der Waals surface area contributed by atoms with E-state index in [1.54, 1.807) is 13.8 Å². The second kappa shape index (κ2) is 5.48. The molecule has 98 valence electrons. The minimum Gasteiger partial charge on any atom is -0.478 e. The second-order valence-corrected chi connectivity index (χ2v) is 4.28.